The Labute approximate surface area is 884 Å². The fourth-order valence-electron chi connectivity index (χ4n) is 12.4. The molecule has 0 unspecified atom stereocenters. The zero-order valence-corrected chi connectivity index (χ0v) is 88.4. The monoisotopic (exact) mass is 2350 g/mol. The van der Waals surface area contributed by atoms with E-state index >= 15 is 0 Å². The van der Waals surface area contributed by atoms with Crippen molar-refractivity contribution in [2.24, 2.45) is 0 Å². The summed E-state index contributed by atoms with van der Waals surface area (Å²) in [5.41, 5.74) is 5.10. The molecule has 60 heteroatoms. The minimum atomic E-state index is -3.48. The van der Waals surface area contributed by atoms with E-state index in [9.17, 15) is 66.1 Å². The number of carbonyl (C=O) groups is 5. The lowest BCUT2D eigenvalue weighted by atomic mass is 10.1. The number of nitrogens with one attached hydrogen (secondary N) is 4. The molecule has 0 aliphatic carbocycles. The number of aryl methyl sites for hydroxylation is 2. The molecule has 10 aromatic heterocycles. The van der Waals surface area contributed by atoms with E-state index in [1.807, 2.05) is 0 Å². The van der Waals surface area contributed by atoms with Gasteiger partial charge in [-0.3, -0.25) is 48.9 Å². The summed E-state index contributed by atoms with van der Waals surface area (Å²) in [6, 6.07) is 23.7. The van der Waals surface area contributed by atoms with Gasteiger partial charge in [-0.05, 0) is 131 Å². The second-order valence-corrected chi connectivity index (χ2v) is 51.8. The number of pyridine rings is 5. The van der Waals surface area contributed by atoms with Gasteiger partial charge in [0.1, 0.15) is 0 Å². The van der Waals surface area contributed by atoms with Crippen LogP contribution in [0.5, 0.6) is 0 Å². The van der Waals surface area contributed by atoms with Crippen LogP contribution in [-0.2, 0) is 62.0 Å². The van der Waals surface area contributed by atoms with Gasteiger partial charge in [-0.15, -0.1) is 51.0 Å². The Morgan fingerprint density at radius 3 is 0.957 bits per heavy atom. The molecule has 5 aromatic carbocycles. The minimum absolute atomic E-state index is 0.0564. The number of hydrogen-bond acceptors (Lipinski definition) is 40. The van der Waals surface area contributed by atoms with E-state index in [1.54, 1.807) is 67.7 Å². The van der Waals surface area contributed by atoms with Gasteiger partial charge < -0.3 is 30.6 Å². The van der Waals surface area contributed by atoms with E-state index in [1.165, 1.54) is 162 Å². The van der Waals surface area contributed by atoms with Crippen molar-refractivity contribution in [3.8, 4) is 0 Å². The minimum Gasteiger partial charge on any atom is -0.407 e. The van der Waals surface area contributed by atoms with E-state index in [0.717, 1.165) is 84.5 Å². The molecular weight excluding hydrogens is 2310 g/mol. The van der Waals surface area contributed by atoms with E-state index in [4.69, 9.17) is 120 Å². The lowest BCUT2D eigenvalue weighted by molar-refractivity contribution is 0.0980. The van der Waals surface area contributed by atoms with Gasteiger partial charge >= 0.3 is 11.8 Å². The Morgan fingerprint density at radius 1 is 0.333 bits per heavy atom. The van der Waals surface area contributed by atoms with Crippen molar-refractivity contribution in [2.75, 3.05) is 44.7 Å². The van der Waals surface area contributed by atoms with Crippen LogP contribution in [0, 0.1) is 0 Å². The number of carbonyl (C=O) groups excluding carboxylic acids is 5. The molecule has 0 radical (unpaired) electrons. The summed E-state index contributed by atoms with van der Waals surface area (Å²) in [5.74, 6) is -2.67. The molecule has 0 saturated heterocycles. The molecule has 0 atom stereocenters. The smallest absolute Gasteiger partial charge is 0.313 e. The molecule has 0 spiro atoms. The highest BCUT2D eigenvalue weighted by Gasteiger charge is 2.33. The van der Waals surface area contributed by atoms with Crippen LogP contribution in [0.25, 0.3) is 18.2 Å². The second-order valence-electron chi connectivity index (χ2n) is 28.3. The molecule has 15 aromatic rings. The van der Waals surface area contributed by atoms with Crippen molar-refractivity contribution < 1.29 is 70.5 Å². The molecule has 20 rings (SSSR count). The van der Waals surface area contributed by atoms with Crippen LogP contribution in [0.2, 0.25) is 50.2 Å². The highest BCUT2D eigenvalue weighted by Crippen LogP contribution is 2.46. The maximum absolute atomic E-state index is 12.8. The molecule has 36 nitrogen and oxygen atoms in total. The number of hydrogen-bond donors (Lipinski definition) is 4. The van der Waals surface area contributed by atoms with Gasteiger partial charge in [0.15, 0.2) is 37.0 Å². The van der Waals surface area contributed by atoms with Crippen LogP contribution >= 0.6 is 220 Å². The topological polar surface area (TPSA) is 514 Å². The maximum atomic E-state index is 12.8. The first-order valence-corrected chi connectivity index (χ1v) is 57.6. The van der Waals surface area contributed by atoms with Gasteiger partial charge in [0.25, 0.3) is 28.9 Å². The van der Waals surface area contributed by atoms with Gasteiger partial charge in [0.05, 0.1) is 111 Å². The third-order valence-corrected chi connectivity index (χ3v) is 40.4. The molecule has 4 N–H and O–H groups in total. The first-order chi connectivity index (χ1) is 67.1. The fourth-order valence-corrected chi connectivity index (χ4v) is 29.7. The Bertz CT molecular complexity index is 7670. The average molecular weight is 2360 g/mol. The van der Waals surface area contributed by atoms with Crippen molar-refractivity contribution in [1.82, 2.24) is 75.9 Å². The lowest BCUT2D eigenvalue weighted by Gasteiger charge is -2.16. The Hall–Kier alpha value is -9.80. The molecular formula is C81H46Cl10N20O16S14. The fraction of sp³-hybridized carbons (Fsp3) is 0.0617. The third-order valence-electron chi connectivity index (χ3n) is 19.0. The molecule has 15 heterocycles. The van der Waals surface area contributed by atoms with Crippen molar-refractivity contribution in [3.05, 3.63) is 273 Å². The molecule has 0 fully saturated rings. The van der Waals surface area contributed by atoms with Gasteiger partial charge in [-0.2, -0.15) is 0 Å². The highest BCUT2D eigenvalue weighted by atomic mass is 35.5. The Balaban J connectivity index is 0.000000127. The van der Waals surface area contributed by atoms with Crippen LogP contribution in [0.3, 0.4) is 0 Å². The van der Waals surface area contributed by atoms with Crippen molar-refractivity contribution >= 4 is 346 Å². The Morgan fingerprint density at radius 2 is 0.617 bits per heavy atom. The predicted octanol–water partition coefficient (Wildman–Crippen LogP) is 20.7. The molecule has 5 aliphatic rings. The number of benzene rings is 5. The summed E-state index contributed by atoms with van der Waals surface area (Å²) in [7, 11) is -15.4. The van der Waals surface area contributed by atoms with Crippen LogP contribution in [0.15, 0.2) is 245 Å². The number of anilines is 5. The maximum Gasteiger partial charge on any atom is 0.313 e. The third kappa shape index (κ3) is 24.7. The van der Waals surface area contributed by atoms with Gasteiger partial charge in [-0.25, -0.2) is 42.1 Å². The summed E-state index contributed by atoms with van der Waals surface area (Å²) >= 11 is 70.8. The average Bonchev–Trinajstić information content (AvgIpc) is 1.65. The molecule has 0 bridgehead atoms. The standard InChI is InChI=1S/C17H10Cl2N4O3S3.C16H8Cl2N4O4S2.2C16H10Cl2N4O3S3.C16H8Cl2N4O3S3/c1-23(10-3-2-9-4-5-29(25,26)13(9)6-10)16(24)15-21-22-17(28-15)27-14-11(18)7-20-8-12(14)19;17-10-6-19-7-11(18)13(10)27-16-22-21-15(26-16)14(23)20-9-2-1-8-3-4-28(24,25)12(8)5-9;3*17-10-6-19-7-11(18)13(10)26-16-22-21-15(27-16)14(23)20-9-2-1-8-3-4-28(24,25)12(8)5-9/h2-8H,1H3;1-7H,(H,20,23);2*1-2,5-7H,3-4H2,(H,20,23);1-7H,(H,20,23). The van der Waals surface area contributed by atoms with Crippen molar-refractivity contribution in [2.45, 2.75) is 84.4 Å². The number of aromatic nitrogens is 15. The normalized spacial score (nSPS) is 14.3. The van der Waals surface area contributed by atoms with Crippen LogP contribution in [0.1, 0.15) is 77.7 Å². The van der Waals surface area contributed by atoms with Crippen LogP contribution in [-0.4, -0.2) is 166 Å². The van der Waals surface area contributed by atoms with Gasteiger partial charge in [0, 0.05) is 114 Å². The molecule has 141 heavy (non-hydrogen) atoms. The first kappa shape index (κ1) is 104. The van der Waals surface area contributed by atoms with E-state index in [2.05, 4.69) is 97.2 Å². The highest BCUT2D eigenvalue weighted by molar-refractivity contribution is 8.02. The molecule has 5 aliphatic heterocycles. The Kier molecular flexibility index (Phi) is 32.5. The zero-order valence-electron chi connectivity index (χ0n) is 69.4. The summed E-state index contributed by atoms with van der Waals surface area (Å²) in [6.45, 7) is 0. The summed E-state index contributed by atoms with van der Waals surface area (Å²) in [4.78, 5) is 86.9. The SMILES string of the molecule is CN(C(=O)c1nnc(Sc2c(Cl)cncc2Cl)s1)c1ccc2c(c1)S(=O)(=O)C=C2.O=C(Nc1ccc2c(c1)S(=O)(=O)C=C2)c1nnc(Sc2c(Cl)cncc2Cl)o1.O=C(Nc1ccc2c(c1)S(=O)(=O)C=C2)c1nnc(Sc2c(Cl)cncc2Cl)s1.O=C(Nc1ccc2c(c1)S(=O)(=O)CC2)c1nnc(Sc2c(Cl)cncc2Cl)s1.O=C(Nc1ccc2c(c1)S(=O)(=O)CC2)c1nnc(Sc2c(Cl)cncc2Cl)s1. The number of nitrogens with zero attached hydrogens (tertiary/aromatic N) is 16. The second kappa shape index (κ2) is 44.0. The first-order valence-electron chi connectivity index (χ1n) is 38.6. The summed E-state index contributed by atoms with van der Waals surface area (Å²) in [6.07, 6.45) is 20.0. The lowest BCUT2D eigenvalue weighted by Crippen LogP contribution is -2.26. The van der Waals surface area contributed by atoms with E-state index in [-0.39, 0.29) is 72.8 Å². The predicted molar refractivity (Wildman–Crippen MR) is 543 cm³/mol. The summed E-state index contributed by atoms with van der Waals surface area (Å²) in [5, 5.41) is 57.0. The number of amides is 5. The molecule has 5 amide bonds. The number of sulfone groups is 5. The molecule has 0 saturated carbocycles. The van der Waals surface area contributed by atoms with Gasteiger partial charge in [0.2, 0.25) is 49.5 Å². The molecule has 720 valence electrons. The zero-order chi connectivity index (χ0) is 100. The van der Waals surface area contributed by atoms with E-state index < -0.39 is 78.7 Å². The number of halogens is 10. The van der Waals surface area contributed by atoms with Crippen LogP contribution in [0.4, 0.5) is 28.4 Å². The summed E-state index contributed by atoms with van der Waals surface area (Å²) < 4.78 is 127. The largest absolute Gasteiger partial charge is 0.407 e. The number of fused-ring (bicyclic) bond motifs is 5. The van der Waals surface area contributed by atoms with Gasteiger partial charge in [-0.1, -0.05) is 239 Å². The van der Waals surface area contributed by atoms with Crippen LogP contribution < -0.4 is 26.2 Å². The van der Waals surface area contributed by atoms with E-state index in [0.29, 0.717) is 144 Å². The number of rotatable bonds is 20. The van der Waals surface area contributed by atoms with Crippen molar-refractivity contribution in [3.63, 3.8) is 0 Å². The quantitative estimate of drug-likeness (QED) is 0.0550. The van der Waals surface area contributed by atoms with Crippen molar-refractivity contribution in [1.29, 1.82) is 0 Å².